The van der Waals surface area contributed by atoms with E-state index < -0.39 is 24.3 Å². The molecule has 224 valence electrons. The van der Waals surface area contributed by atoms with Gasteiger partial charge in [-0.3, -0.25) is 19.2 Å². The summed E-state index contributed by atoms with van der Waals surface area (Å²) in [4.78, 5) is 56.0. The molecule has 2 N–H and O–H groups in total. The predicted octanol–water partition coefficient (Wildman–Crippen LogP) is 2.23. The summed E-state index contributed by atoms with van der Waals surface area (Å²) < 4.78 is 22.7. The monoisotopic (exact) mass is 588 g/mol. The molecule has 0 aromatic heterocycles. The second kappa shape index (κ2) is 11.2. The molecule has 12 nitrogen and oxygen atoms in total. The normalized spacial score (nSPS) is 24.4. The Morgan fingerprint density at radius 3 is 1.53 bits per heavy atom. The SMILES string of the molecule is C=C1CN2C(=O)c3cc(OC)ccc3NC(=O)C2C1OCCCOC1C(=C)CN2C(=O)c3cc(OC)ccc3NC(=O)C12. The van der Waals surface area contributed by atoms with E-state index in [-0.39, 0.29) is 49.9 Å². The molecular weight excluding hydrogens is 556 g/mol. The highest BCUT2D eigenvalue weighted by atomic mass is 16.5. The molecule has 2 aromatic rings. The van der Waals surface area contributed by atoms with Gasteiger partial charge in [-0.05, 0) is 54.0 Å². The highest BCUT2D eigenvalue weighted by Crippen LogP contribution is 2.36. The molecule has 4 unspecified atom stereocenters. The summed E-state index contributed by atoms with van der Waals surface area (Å²) in [7, 11) is 3.02. The van der Waals surface area contributed by atoms with Gasteiger partial charge in [-0.15, -0.1) is 0 Å². The van der Waals surface area contributed by atoms with Crippen molar-refractivity contribution in [3.63, 3.8) is 0 Å². The quantitative estimate of drug-likeness (QED) is 0.354. The van der Waals surface area contributed by atoms with Gasteiger partial charge >= 0.3 is 0 Å². The van der Waals surface area contributed by atoms with Crippen LogP contribution in [0.15, 0.2) is 60.7 Å². The Morgan fingerprint density at radius 1 is 0.721 bits per heavy atom. The van der Waals surface area contributed by atoms with Crippen LogP contribution < -0.4 is 20.1 Å². The van der Waals surface area contributed by atoms with Gasteiger partial charge in [-0.1, -0.05) is 13.2 Å². The highest BCUT2D eigenvalue weighted by Gasteiger charge is 2.49. The summed E-state index contributed by atoms with van der Waals surface area (Å²) in [6, 6.07) is 8.10. The number of nitrogens with zero attached hydrogens (tertiary/aromatic N) is 2. The van der Waals surface area contributed by atoms with E-state index in [1.807, 2.05) is 0 Å². The number of amides is 4. The maximum Gasteiger partial charge on any atom is 0.257 e. The highest BCUT2D eigenvalue weighted by molar-refractivity contribution is 6.12. The van der Waals surface area contributed by atoms with E-state index in [4.69, 9.17) is 18.9 Å². The van der Waals surface area contributed by atoms with Crippen LogP contribution in [0.5, 0.6) is 11.5 Å². The maximum absolute atomic E-state index is 13.4. The summed E-state index contributed by atoms with van der Waals surface area (Å²) in [6.07, 6.45) is -0.969. The Balaban J connectivity index is 1.07. The first-order chi connectivity index (χ1) is 20.7. The van der Waals surface area contributed by atoms with Crippen molar-refractivity contribution in [1.82, 2.24) is 9.80 Å². The Morgan fingerprint density at radius 2 is 1.14 bits per heavy atom. The lowest BCUT2D eigenvalue weighted by molar-refractivity contribution is -0.123. The van der Waals surface area contributed by atoms with Crippen LogP contribution in [-0.4, -0.2) is 98.2 Å². The molecule has 4 aliphatic heterocycles. The summed E-state index contributed by atoms with van der Waals surface area (Å²) in [5, 5.41) is 5.66. The maximum atomic E-state index is 13.4. The van der Waals surface area contributed by atoms with Crippen molar-refractivity contribution in [3.8, 4) is 11.5 Å². The number of benzene rings is 2. The first kappa shape index (κ1) is 28.4. The second-order valence-electron chi connectivity index (χ2n) is 10.8. The van der Waals surface area contributed by atoms with E-state index >= 15 is 0 Å². The van der Waals surface area contributed by atoms with Crippen LogP contribution in [0.1, 0.15) is 27.1 Å². The van der Waals surface area contributed by atoms with E-state index in [0.717, 1.165) is 0 Å². The van der Waals surface area contributed by atoms with Crippen LogP contribution in [0.2, 0.25) is 0 Å². The smallest absolute Gasteiger partial charge is 0.257 e. The third-order valence-corrected chi connectivity index (χ3v) is 8.17. The van der Waals surface area contributed by atoms with Crippen molar-refractivity contribution in [1.29, 1.82) is 0 Å². The van der Waals surface area contributed by atoms with Crippen molar-refractivity contribution in [3.05, 3.63) is 71.8 Å². The molecule has 2 saturated heterocycles. The molecule has 0 aliphatic carbocycles. The van der Waals surface area contributed by atoms with Gasteiger partial charge in [-0.25, -0.2) is 0 Å². The van der Waals surface area contributed by atoms with Crippen molar-refractivity contribution < 1.29 is 38.1 Å². The van der Waals surface area contributed by atoms with Gasteiger partial charge < -0.3 is 39.4 Å². The van der Waals surface area contributed by atoms with Crippen LogP contribution >= 0.6 is 0 Å². The fourth-order valence-corrected chi connectivity index (χ4v) is 6.03. The summed E-state index contributed by atoms with van der Waals surface area (Å²) >= 11 is 0. The average Bonchev–Trinajstić information content (AvgIpc) is 3.46. The van der Waals surface area contributed by atoms with Gasteiger partial charge in [0.1, 0.15) is 35.8 Å². The Kier molecular flexibility index (Phi) is 7.40. The minimum atomic E-state index is -0.872. The van der Waals surface area contributed by atoms with E-state index in [9.17, 15) is 19.2 Å². The number of nitrogens with one attached hydrogen (secondary N) is 2. The molecule has 43 heavy (non-hydrogen) atoms. The molecule has 0 spiro atoms. The van der Waals surface area contributed by atoms with E-state index in [0.29, 0.717) is 51.6 Å². The van der Waals surface area contributed by atoms with Crippen molar-refractivity contribution >= 4 is 35.0 Å². The van der Waals surface area contributed by atoms with Gasteiger partial charge in [0, 0.05) is 26.3 Å². The van der Waals surface area contributed by atoms with Crippen LogP contribution in [0, 0.1) is 0 Å². The zero-order valence-electron chi connectivity index (χ0n) is 23.9. The van der Waals surface area contributed by atoms with Gasteiger partial charge in [-0.2, -0.15) is 0 Å². The number of carbonyl (C=O) groups is 4. The standard InChI is InChI=1S/C31H32N4O8/c1-16-14-34-24(28(36)32-22-8-6-18(40-3)12-20(22)30(34)38)26(16)42-10-5-11-43-27-17(2)15-35-25(27)29(37)33-23-9-7-19(41-4)13-21(23)31(35)39/h6-9,12-13,24-27H,1-2,5,10-11,14-15H2,3-4H3,(H,32,36)(H,33,37). The van der Waals surface area contributed by atoms with E-state index in [2.05, 4.69) is 23.8 Å². The zero-order chi connectivity index (χ0) is 30.4. The fraction of sp³-hybridized carbons (Fsp3) is 0.355. The van der Waals surface area contributed by atoms with Gasteiger partial charge in [0.25, 0.3) is 11.8 Å². The zero-order valence-corrected chi connectivity index (χ0v) is 23.9. The van der Waals surface area contributed by atoms with Gasteiger partial charge in [0.15, 0.2) is 0 Å². The lowest BCUT2D eigenvalue weighted by Gasteiger charge is -2.25. The third kappa shape index (κ3) is 4.92. The van der Waals surface area contributed by atoms with Crippen LogP contribution in [0.3, 0.4) is 0 Å². The first-order valence-electron chi connectivity index (χ1n) is 13.9. The molecule has 0 bridgehead atoms. The topological polar surface area (TPSA) is 136 Å². The van der Waals surface area contributed by atoms with Crippen LogP contribution in [-0.2, 0) is 19.1 Å². The van der Waals surface area contributed by atoms with Crippen LogP contribution in [0.25, 0.3) is 0 Å². The predicted molar refractivity (Wildman–Crippen MR) is 155 cm³/mol. The second-order valence-corrected chi connectivity index (χ2v) is 10.8. The minimum absolute atomic E-state index is 0.186. The fourth-order valence-electron chi connectivity index (χ4n) is 6.03. The average molecular weight is 589 g/mol. The molecule has 0 saturated carbocycles. The van der Waals surface area contributed by atoms with Crippen molar-refractivity contribution in [2.24, 2.45) is 0 Å². The number of hydrogen-bond acceptors (Lipinski definition) is 8. The Labute approximate surface area is 248 Å². The summed E-state index contributed by atoms with van der Waals surface area (Å²) in [5.74, 6) is -0.324. The molecule has 4 heterocycles. The molecule has 2 aromatic carbocycles. The number of methoxy groups -OCH3 is 2. The molecule has 4 atom stereocenters. The van der Waals surface area contributed by atoms with Crippen molar-refractivity contribution in [2.75, 3.05) is 51.2 Å². The Hall–Kier alpha value is -4.68. The lowest BCUT2D eigenvalue weighted by atomic mass is 10.1. The summed E-state index contributed by atoms with van der Waals surface area (Å²) in [6.45, 7) is 8.91. The Bertz CT molecular complexity index is 1440. The van der Waals surface area contributed by atoms with Gasteiger partial charge in [0.05, 0.1) is 36.7 Å². The van der Waals surface area contributed by atoms with E-state index in [1.165, 1.54) is 24.0 Å². The van der Waals surface area contributed by atoms with Gasteiger partial charge in [0.2, 0.25) is 11.8 Å². The molecule has 6 rings (SSSR count). The third-order valence-electron chi connectivity index (χ3n) is 8.17. The largest absolute Gasteiger partial charge is 0.497 e. The molecule has 12 heteroatoms. The number of hydrogen-bond donors (Lipinski definition) is 2. The van der Waals surface area contributed by atoms with Crippen LogP contribution in [0.4, 0.5) is 11.4 Å². The minimum Gasteiger partial charge on any atom is -0.497 e. The molecule has 4 aliphatic rings. The lowest BCUT2D eigenvalue weighted by Crippen LogP contribution is -2.46. The molecule has 0 radical (unpaired) electrons. The number of anilines is 2. The number of rotatable bonds is 8. The van der Waals surface area contributed by atoms with E-state index in [1.54, 1.807) is 36.4 Å². The van der Waals surface area contributed by atoms with Crippen molar-refractivity contribution in [2.45, 2.75) is 30.7 Å². The molecule has 4 amide bonds. The number of carbonyl (C=O) groups excluding carboxylic acids is 4. The number of ether oxygens (including phenoxy) is 4. The molecular formula is C31H32N4O8. The summed E-state index contributed by atoms with van der Waals surface area (Å²) in [5.41, 5.74) is 2.74. The first-order valence-corrected chi connectivity index (χ1v) is 13.9. The molecule has 2 fully saturated rings. The number of fused-ring (bicyclic) bond motifs is 4.